The predicted molar refractivity (Wildman–Crippen MR) is 160 cm³/mol. The molecule has 208 valence electrons. The van der Waals surface area contributed by atoms with E-state index in [1.165, 1.54) is 37.7 Å². The van der Waals surface area contributed by atoms with Gasteiger partial charge in [-0.2, -0.15) is 0 Å². The summed E-state index contributed by atoms with van der Waals surface area (Å²) in [5.41, 5.74) is 3.32. The van der Waals surface area contributed by atoms with Gasteiger partial charge in [0.2, 0.25) is 0 Å². The van der Waals surface area contributed by atoms with Crippen molar-refractivity contribution in [3.05, 3.63) is 59.7 Å². The third-order valence-corrected chi connectivity index (χ3v) is 10.3. The zero-order chi connectivity index (χ0) is 27.8. The molecular weight excluding hydrogens is 480 g/mol. The van der Waals surface area contributed by atoms with Gasteiger partial charge in [0.25, 0.3) is 0 Å². The van der Waals surface area contributed by atoms with E-state index < -0.39 is 5.60 Å². The van der Waals surface area contributed by atoms with E-state index in [0.29, 0.717) is 18.8 Å². The molecule has 0 aromatic heterocycles. The number of aromatic hydroxyl groups is 1. The molecule has 3 nitrogen and oxygen atoms in total. The molecule has 0 saturated heterocycles. The Morgan fingerprint density at radius 2 is 1.54 bits per heavy atom. The fourth-order valence-corrected chi connectivity index (χ4v) is 9.85. The number of methoxy groups -OCH3 is 1. The number of fused-ring (bicyclic) bond motifs is 3. The first-order valence-corrected chi connectivity index (χ1v) is 15.0. The Morgan fingerprint density at radius 3 is 2.21 bits per heavy atom. The van der Waals surface area contributed by atoms with E-state index in [-0.39, 0.29) is 22.0 Å². The number of phenolic OH excluding ortho intramolecular Hbond substituents is 1. The lowest BCUT2D eigenvalue weighted by Gasteiger charge is -2.50. The van der Waals surface area contributed by atoms with Crippen molar-refractivity contribution in [2.24, 2.45) is 22.7 Å². The molecule has 0 radical (unpaired) electrons. The van der Waals surface area contributed by atoms with Crippen LogP contribution in [0, 0.1) is 22.7 Å². The molecule has 0 amide bonds. The molecular formula is C36H46O3. The van der Waals surface area contributed by atoms with E-state index in [4.69, 9.17) is 4.74 Å². The van der Waals surface area contributed by atoms with E-state index in [1.54, 1.807) is 7.11 Å². The maximum absolute atomic E-state index is 12.6. The van der Waals surface area contributed by atoms with Gasteiger partial charge in [-0.05, 0) is 120 Å². The second-order valence-electron chi connectivity index (χ2n) is 15.1. The van der Waals surface area contributed by atoms with E-state index in [0.717, 1.165) is 45.6 Å². The number of benzene rings is 3. The fraction of sp³-hybridized carbons (Fsp3) is 0.556. The smallest absolute Gasteiger partial charge is 0.123 e. The first-order valence-electron chi connectivity index (χ1n) is 15.0. The summed E-state index contributed by atoms with van der Waals surface area (Å²) in [6.45, 7) is 11.5. The zero-order valence-corrected chi connectivity index (χ0v) is 24.7. The van der Waals surface area contributed by atoms with Crippen LogP contribution in [0.25, 0.3) is 21.9 Å². The normalized spacial score (nSPS) is 28.9. The van der Waals surface area contributed by atoms with Gasteiger partial charge in [0, 0.05) is 10.9 Å². The summed E-state index contributed by atoms with van der Waals surface area (Å²) in [7, 11) is 1.76. The van der Waals surface area contributed by atoms with Crippen LogP contribution in [-0.4, -0.2) is 17.3 Å². The highest BCUT2D eigenvalue weighted by Gasteiger charge is 2.50. The molecule has 3 atom stereocenters. The maximum Gasteiger partial charge on any atom is 0.123 e. The van der Waals surface area contributed by atoms with Crippen molar-refractivity contribution in [2.75, 3.05) is 7.11 Å². The number of phenols is 1. The molecule has 6 rings (SSSR count). The topological polar surface area (TPSA) is 49.7 Å². The van der Waals surface area contributed by atoms with Gasteiger partial charge in [-0.3, -0.25) is 0 Å². The minimum Gasteiger partial charge on any atom is -0.507 e. The molecule has 3 aromatic rings. The average Bonchev–Trinajstić information content (AvgIpc) is 3.16. The fourth-order valence-electron chi connectivity index (χ4n) is 9.85. The minimum atomic E-state index is -1.04. The van der Waals surface area contributed by atoms with Gasteiger partial charge in [0.15, 0.2) is 0 Å². The minimum absolute atomic E-state index is 0.0177. The zero-order valence-electron chi connectivity index (χ0n) is 24.7. The van der Waals surface area contributed by atoms with Crippen molar-refractivity contribution >= 4 is 10.8 Å². The molecule has 3 unspecified atom stereocenters. The first-order chi connectivity index (χ1) is 18.3. The Balaban J connectivity index is 1.66. The van der Waals surface area contributed by atoms with E-state index >= 15 is 0 Å². The number of aliphatic hydroxyl groups is 1. The Morgan fingerprint density at radius 1 is 0.846 bits per heavy atom. The summed E-state index contributed by atoms with van der Waals surface area (Å²) in [5, 5.41) is 25.9. The number of hydrogen-bond donors (Lipinski definition) is 2. The van der Waals surface area contributed by atoms with Crippen molar-refractivity contribution < 1.29 is 14.9 Å². The van der Waals surface area contributed by atoms with Gasteiger partial charge >= 0.3 is 0 Å². The standard InChI is InChI=1S/C36H46O3/c1-23-14-24-12-13-35(18-23,19-24)28-15-27-26(16-31(28)39-6)30(37)17-29(32(27)25-10-8-7-9-11-25)36(38)21-33(2,3)20-34(4,5)22-36/h7-11,15-17,23-24,37-38H,12-14,18-22H2,1-6H3. The van der Waals surface area contributed by atoms with Crippen LogP contribution in [0.4, 0.5) is 0 Å². The highest BCUT2D eigenvalue weighted by atomic mass is 16.5. The lowest BCUT2D eigenvalue weighted by atomic mass is 9.57. The van der Waals surface area contributed by atoms with Gasteiger partial charge in [-0.15, -0.1) is 0 Å². The Bertz CT molecular complexity index is 1390. The van der Waals surface area contributed by atoms with Crippen molar-refractivity contribution in [3.63, 3.8) is 0 Å². The van der Waals surface area contributed by atoms with Gasteiger partial charge in [0.05, 0.1) is 12.7 Å². The number of rotatable bonds is 4. The first kappa shape index (κ1) is 26.7. The molecule has 3 aromatic carbocycles. The summed E-state index contributed by atoms with van der Waals surface area (Å²) in [4.78, 5) is 0. The summed E-state index contributed by atoms with van der Waals surface area (Å²) in [5.74, 6) is 2.60. The van der Waals surface area contributed by atoms with Crippen LogP contribution in [-0.2, 0) is 11.0 Å². The second kappa shape index (κ2) is 8.99. The third-order valence-electron chi connectivity index (χ3n) is 10.3. The molecule has 0 aliphatic heterocycles. The van der Waals surface area contributed by atoms with E-state index in [9.17, 15) is 10.2 Å². The molecule has 0 heterocycles. The molecule has 0 spiro atoms. The lowest BCUT2D eigenvalue weighted by Crippen LogP contribution is -2.44. The Hall–Kier alpha value is -2.52. The molecule has 3 aliphatic carbocycles. The van der Waals surface area contributed by atoms with Crippen molar-refractivity contribution in [1.82, 2.24) is 0 Å². The Kier molecular flexibility index (Phi) is 6.16. The largest absolute Gasteiger partial charge is 0.507 e. The van der Waals surface area contributed by atoms with Crippen LogP contribution in [0.15, 0.2) is 48.5 Å². The lowest BCUT2D eigenvalue weighted by molar-refractivity contribution is -0.0909. The summed E-state index contributed by atoms with van der Waals surface area (Å²) < 4.78 is 6.05. The van der Waals surface area contributed by atoms with Crippen LogP contribution < -0.4 is 4.74 Å². The highest BCUT2D eigenvalue weighted by Crippen LogP contribution is 2.59. The van der Waals surface area contributed by atoms with Crippen LogP contribution in [0.5, 0.6) is 11.5 Å². The van der Waals surface area contributed by atoms with Crippen LogP contribution in [0.2, 0.25) is 0 Å². The van der Waals surface area contributed by atoms with E-state index in [1.807, 2.05) is 12.1 Å². The van der Waals surface area contributed by atoms with Crippen LogP contribution in [0.3, 0.4) is 0 Å². The maximum atomic E-state index is 12.6. The van der Waals surface area contributed by atoms with Crippen molar-refractivity contribution in [1.29, 1.82) is 0 Å². The monoisotopic (exact) mass is 526 g/mol. The summed E-state index contributed by atoms with van der Waals surface area (Å²) >= 11 is 0. The van der Waals surface area contributed by atoms with Crippen molar-refractivity contribution in [3.8, 4) is 22.6 Å². The SMILES string of the molecule is COc1cc2c(O)cc(C3(O)CC(C)(C)CC(C)(C)C3)c(-c3ccccc3)c2cc1C12CCC(CC(C)C1)C2. The van der Waals surface area contributed by atoms with Gasteiger partial charge in [0.1, 0.15) is 11.5 Å². The highest BCUT2D eigenvalue weighted by molar-refractivity contribution is 6.03. The molecule has 39 heavy (non-hydrogen) atoms. The summed E-state index contributed by atoms with van der Waals surface area (Å²) in [6.07, 6.45) is 8.61. The summed E-state index contributed by atoms with van der Waals surface area (Å²) in [6, 6.07) is 16.7. The molecule has 2 N–H and O–H groups in total. The number of hydrogen-bond acceptors (Lipinski definition) is 3. The average molecular weight is 527 g/mol. The van der Waals surface area contributed by atoms with Crippen LogP contribution in [0.1, 0.15) is 97.1 Å². The molecule has 3 heteroatoms. The Labute approximate surface area is 234 Å². The number of ether oxygens (including phenoxy) is 1. The third kappa shape index (κ3) is 4.55. The predicted octanol–water partition coefficient (Wildman–Crippen LogP) is 9.11. The van der Waals surface area contributed by atoms with Crippen molar-refractivity contribution in [2.45, 2.75) is 97.0 Å². The molecule has 3 aliphatic rings. The van der Waals surface area contributed by atoms with Gasteiger partial charge < -0.3 is 14.9 Å². The molecule has 3 saturated carbocycles. The molecule has 2 bridgehead atoms. The van der Waals surface area contributed by atoms with Gasteiger partial charge in [-0.1, -0.05) is 65.0 Å². The van der Waals surface area contributed by atoms with Crippen LogP contribution >= 0.6 is 0 Å². The second-order valence-corrected chi connectivity index (χ2v) is 15.1. The van der Waals surface area contributed by atoms with Gasteiger partial charge in [-0.25, -0.2) is 0 Å². The van der Waals surface area contributed by atoms with E-state index in [2.05, 4.69) is 71.0 Å². The quantitative estimate of drug-likeness (QED) is 0.356. The molecule has 3 fully saturated rings.